The lowest BCUT2D eigenvalue weighted by Gasteiger charge is -2.09. The van der Waals surface area contributed by atoms with Crippen LogP contribution in [0.3, 0.4) is 0 Å². The van der Waals surface area contributed by atoms with Crippen LogP contribution in [-0.4, -0.2) is 11.7 Å². The SMILES string of the molecule is OCC=CCC1=CCCCC1. The molecule has 0 aromatic heterocycles. The van der Waals surface area contributed by atoms with Gasteiger partial charge in [0.05, 0.1) is 6.61 Å². The number of allylic oxidation sites excluding steroid dienone is 3. The third kappa shape index (κ3) is 3.38. The molecule has 0 radical (unpaired) electrons. The molecule has 11 heavy (non-hydrogen) atoms. The maximum absolute atomic E-state index is 8.49. The van der Waals surface area contributed by atoms with Crippen molar-refractivity contribution in [2.45, 2.75) is 32.1 Å². The number of aliphatic hydroxyl groups excluding tert-OH is 1. The largest absolute Gasteiger partial charge is 0.392 e. The molecule has 0 aromatic carbocycles. The summed E-state index contributed by atoms with van der Waals surface area (Å²) in [5.74, 6) is 0. The van der Waals surface area contributed by atoms with E-state index in [2.05, 4.69) is 12.2 Å². The van der Waals surface area contributed by atoms with E-state index < -0.39 is 0 Å². The van der Waals surface area contributed by atoms with Gasteiger partial charge in [-0.3, -0.25) is 0 Å². The van der Waals surface area contributed by atoms with Gasteiger partial charge in [-0.2, -0.15) is 0 Å². The average molecular weight is 152 g/mol. The van der Waals surface area contributed by atoms with E-state index in [1.807, 2.05) is 6.08 Å². The molecule has 0 atom stereocenters. The van der Waals surface area contributed by atoms with E-state index >= 15 is 0 Å². The minimum absolute atomic E-state index is 0.174. The summed E-state index contributed by atoms with van der Waals surface area (Å²) in [7, 11) is 0. The summed E-state index contributed by atoms with van der Waals surface area (Å²) in [5.41, 5.74) is 1.54. The number of rotatable bonds is 3. The van der Waals surface area contributed by atoms with Gasteiger partial charge in [-0.25, -0.2) is 0 Å². The van der Waals surface area contributed by atoms with Crippen LogP contribution in [0.25, 0.3) is 0 Å². The molecule has 62 valence electrons. The molecule has 0 spiro atoms. The molecule has 1 aliphatic rings. The minimum Gasteiger partial charge on any atom is -0.392 e. The van der Waals surface area contributed by atoms with E-state index in [0.29, 0.717) is 0 Å². The van der Waals surface area contributed by atoms with E-state index in [0.717, 1.165) is 6.42 Å². The Balaban J connectivity index is 2.24. The summed E-state index contributed by atoms with van der Waals surface area (Å²) in [6, 6.07) is 0. The molecule has 0 saturated carbocycles. The van der Waals surface area contributed by atoms with Crippen molar-refractivity contribution in [2.75, 3.05) is 6.61 Å². The summed E-state index contributed by atoms with van der Waals surface area (Å²) >= 11 is 0. The van der Waals surface area contributed by atoms with E-state index in [1.54, 1.807) is 5.57 Å². The lowest BCUT2D eigenvalue weighted by Crippen LogP contribution is -1.90. The van der Waals surface area contributed by atoms with Crippen LogP contribution in [0.4, 0.5) is 0 Å². The Morgan fingerprint density at radius 1 is 1.36 bits per heavy atom. The van der Waals surface area contributed by atoms with E-state index in [-0.39, 0.29) is 6.61 Å². The summed E-state index contributed by atoms with van der Waals surface area (Å²) in [6.07, 6.45) is 12.5. The molecule has 1 nitrogen and oxygen atoms in total. The van der Waals surface area contributed by atoms with Crippen molar-refractivity contribution >= 4 is 0 Å². The van der Waals surface area contributed by atoms with Crippen molar-refractivity contribution < 1.29 is 5.11 Å². The van der Waals surface area contributed by atoms with Crippen LogP contribution in [0.1, 0.15) is 32.1 Å². The Hall–Kier alpha value is -0.560. The molecule has 0 amide bonds. The maximum Gasteiger partial charge on any atom is 0.0612 e. The van der Waals surface area contributed by atoms with Crippen molar-refractivity contribution in [3.8, 4) is 0 Å². The Morgan fingerprint density at radius 2 is 2.27 bits per heavy atom. The number of aliphatic hydroxyl groups is 1. The van der Waals surface area contributed by atoms with Gasteiger partial charge in [0.25, 0.3) is 0 Å². The first kappa shape index (κ1) is 8.54. The highest BCUT2D eigenvalue weighted by molar-refractivity contribution is 5.09. The second kappa shape index (κ2) is 5.14. The van der Waals surface area contributed by atoms with Gasteiger partial charge >= 0.3 is 0 Å². The quantitative estimate of drug-likeness (QED) is 0.616. The third-order valence-electron chi connectivity index (χ3n) is 2.04. The van der Waals surface area contributed by atoms with Crippen LogP contribution in [0.15, 0.2) is 23.8 Å². The fourth-order valence-corrected chi connectivity index (χ4v) is 1.40. The molecule has 1 N–H and O–H groups in total. The highest BCUT2D eigenvalue weighted by Gasteiger charge is 2.00. The van der Waals surface area contributed by atoms with Crippen LogP contribution in [0, 0.1) is 0 Å². The first-order valence-electron chi connectivity index (χ1n) is 4.37. The van der Waals surface area contributed by atoms with Crippen molar-refractivity contribution in [1.29, 1.82) is 0 Å². The van der Waals surface area contributed by atoms with Gasteiger partial charge in [0.2, 0.25) is 0 Å². The van der Waals surface area contributed by atoms with Crippen molar-refractivity contribution in [3.63, 3.8) is 0 Å². The summed E-state index contributed by atoms with van der Waals surface area (Å²) in [5, 5.41) is 8.49. The molecule has 0 fully saturated rings. The standard InChI is InChI=1S/C10H16O/c11-9-5-4-8-10-6-2-1-3-7-10/h4-6,11H,1-3,7-9H2. The first-order chi connectivity index (χ1) is 5.43. The third-order valence-corrected chi connectivity index (χ3v) is 2.04. The average Bonchev–Trinajstić information content (AvgIpc) is 2.07. The van der Waals surface area contributed by atoms with Crippen molar-refractivity contribution in [1.82, 2.24) is 0 Å². The molecular formula is C10H16O. The minimum atomic E-state index is 0.174. The number of hydrogen-bond donors (Lipinski definition) is 1. The smallest absolute Gasteiger partial charge is 0.0612 e. The summed E-state index contributed by atoms with van der Waals surface area (Å²) in [4.78, 5) is 0. The molecule has 1 heteroatoms. The van der Waals surface area contributed by atoms with Crippen LogP contribution in [0.2, 0.25) is 0 Å². The van der Waals surface area contributed by atoms with Crippen LogP contribution in [0.5, 0.6) is 0 Å². The van der Waals surface area contributed by atoms with Gasteiger partial charge in [-0.15, -0.1) is 0 Å². The molecule has 0 saturated heterocycles. The number of hydrogen-bond acceptors (Lipinski definition) is 1. The molecular weight excluding hydrogens is 136 g/mol. The zero-order chi connectivity index (χ0) is 7.94. The van der Waals surface area contributed by atoms with Crippen LogP contribution < -0.4 is 0 Å². The predicted molar refractivity (Wildman–Crippen MR) is 47.4 cm³/mol. The van der Waals surface area contributed by atoms with Gasteiger partial charge in [0, 0.05) is 0 Å². The maximum atomic E-state index is 8.49. The summed E-state index contributed by atoms with van der Waals surface area (Å²) in [6.45, 7) is 0.174. The van der Waals surface area contributed by atoms with Gasteiger partial charge in [0.1, 0.15) is 0 Å². The Kier molecular flexibility index (Phi) is 3.99. The molecule has 0 heterocycles. The zero-order valence-corrected chi connectivity index (χ0v) is 6.92. The second-order valence-corrected chi connectivity index (χ2v) is 2.97. The van der Waals surface area contributed by atoms with Crippen LogP contribution >= 0.6 is 0 Å². The highest BCUT2D eigenvalue weighted by atomic mass is 16.2. The molecule has 0 aliphatic heterocycles. The fourth-order valence-electron chi connectivity index (χ4n) is 1.40. The Morgan fingerprint density at radius 3 is 2.91 bits per heavy atom. The van der Waals surface area contributed by atoms with Crippen molar-refractivity contribution in [3.05, 3.63) is 23.8 Å². The molecule has 1 aliphatic carbocycles. The molecule has 0 bridgehead atoms. The fraction of sp³-hybridized carbons (Fsp3) is 0.600. The predicted octanol–water partition coefficient (Wildman–Crippen LogP) is 2.43. The van der Waals surface area contributed by atoms with Crippen LogP contribution in [-0.2, 0) is 0 Å². The molecule has 1 rings (SSSR count). The first-order valence-corrected chi connectivity index (χ1v) is 4.37. The van der Waals surface area contributed by atoms with E-state index in [4.69, 9.17) is 5.11 Å². The van der Waals surface area contributed by atoms with Crippen molar-refractivity contribution in [2.24, 2.45) is 0 Å². The normalized spacial score (nSPS) is 18.8. The zero-order valence-electron chi connectivity index (χ0n) is 6.92. The molecule has 0 unspecified atom stereocenters. The lowest BCUT2D eigenvalue weighted by atomic mass is 9.97. The lowest BCUT2D eigenvalue weighted by molar-refractivity contribution is 0.342. The monoisotopic (exact) mass is 152 g/mol. The Labute approximate surface area is 68.4 Å². The van der Waals surface area contributed by atoms with E-state index in [9.17, 15) is 0 Å². The highest BCUT2D eigenvalue weighted by Crippen LogP contribution is 2.19. The second-order valence-electron chi connectivity index (χ2n) is 2.97. The Bertz CT molecular complexity index is 156. The summed E-state index contributed by atoms with van der Waals surface area (Å²) < 4.78 is 0. The van der Waals surface area contributed by atoms with Gasteiger partial charge in [-0.1, -0.05) is 23.8 Å². The van der Waals surface area contributed by atoms with Gasteiger partial charge in [-0.05, 0) is 32.1 Å². The van der Waals surface area contributed by atoms with E-state index in [1.165, 1.54) is 25.7 Å². The molecule has 0 aromatic rings. The van der Waals surface area contributed by atoms with Gasteiger partial charge in [0.15, 0.2) is 0 Å². The topological polar surface area (TPSA) is 20.2 Å². The van der Waals surface area contributed by atoms with Gasteiger partial charge < -0.3 is 5.11 Å².